The topological polar surface area (TPSA) is 58.6 Å². The molecular formula is C18H19F2NO3. The van der Waals surface area contributed by atoms with Crippen molar-refractivity contribution < 1.29 is 23.4 Å². The Balaban J connectivity index is 2.09. The number of ether oxygens (including phenoxy) is 1. The molecule has 0 spiro atoms. The fourth-order valence-electron chi connectivity index (χ4n) is 2.24. The van der Waals surface area contributed by atoms with Crippen molar-refractivity contribution in [2.45, 2.75) is 13.0 Å². The molecule has 0 saturated carbocycles. The maximum Gasteiger partial charge on any atom is 0.257 e. The summed E-state index contributed by atoms with van der Waals surface area (Å²) >= 11 is 0. The molecular weight excluding hydrogens is 316 g/mol. The van der Waals surface area contributed by atoms with Crippen molar-refractivity contribution >= 4 is 5.91 Å². The van der Waals surface area contributed by atoms with Crippen molar-refractivity contribution in [2.75, 3.05) is 19.8 Å². The molecule has 0 aliphatic heterocycles. The van der Waals surface area contributed by atoms with Crippen LogP contribution in [-0.4, -0.2) is 30.8 Å². The first-order valence-corrected chi connectivity index (χ1v) is 7.54. The minimum atomic E-state index is -0.921. The number of benzene rings is 2. The summed E-state index contributed by atoms with van der Waals surface area (Å²) in [6.07, 6.45) is -0.531. The smallest absolute Gasteiger partial charge is 0.257 e. The Morgan fingerprint density at radius 3 is 2.38 bits per heavy atom. The van der Waals surface area contributed by atoms with Crippen LogP contribution in [0.25, 0.3) is 0 Å². The molecule has 1 atom stereocenters. The van der Waals surface area contributed by atoms with Gasteiger partial charge in [-0.15, -0.1) is 0 Å². The van der Waals surface area contributed by atoms with Crippen LogP contribution in [-0.2, 0) is 4.74 Å². The van der Waals surface area contributed by atoms with Crippen LogP contribution in [0.15, 0.2) is 42.5 Å². The minimum absolute atomic E-state index is 0.0235. The van der Waals surface area contributed by atoms with Crippen molar-refractivity contribution in [3.05, 3.63) is 70.8 Å². The lowest BCUT2D eigenvalue weighted by Crippen LogP contribution is -2.31. The largest absolute Gasteiger partial charge is 0.394 e. The van der Waals surface area contributed by atoms with E-state index in [1.165, 1.54) is 6.07 Å². The third kappa shape index (κ3) is 4.59. The number of aliphatic hydroxyl groups excluding tert-OH is 1. The Labute approximate surface area is 139 Å². The monoisotopic (exact) mass is 335 g/mol. The highest BCUT2D eigenvalue weighted by Gasteiger charge is 2.19. The predicted molar refractivity (Wildman–Crippen MR) is 85.6 cm³/mol. The summed E-state index contributed by atoms with van der Waals surface area (Å²) in [5.41, 5.74) is 1.24. The van der Waals surface area contributed by atoms with Crippen LogP contribution in [0.2, 0.25) is 0 Å². The van der Waals surface area contributed by atoms with Gasteiger partial charge in [-0.3, -0.25) is 4.79 Å². The van der Waals surface area contributed by atoms with Gasteiger partial charge in [0.05, 0.1) is 19.3 Å². The van der Waals surface area contributed by atoms with E-state index in [2.05, 4.69) is 5.32 Å². The summed E-state index contributed by atoms with van der Waals surface area (Å²) in [7, 11) is 0. The van der Waals surface area contributed by atoms with Gasteiger partial charge in [-0.25, -0.2) is 8.78 Å². The van der Waals surface area contributed by atoms with E-state index in [4.69, 9.17) is 9.84 Å². The van der Waals surface area contributed by atoms with E-state index in [0.29, 0.717) is 0 Å². The third-order valence-electron chi connectivity index (χ3n) is 3.50. The fraction of sp³-hybridized carbons (Fsp3) is 0.278. The van der Waals surface area contributed by atoms with Crippen molar-refractivity contribution in [3.8, 4) is 0 Å². The molecule has 1 amide bonds. The summed E-state index contributed by atoms with van der Waals surface area (Å²) in [6.45, 7) is 1.88. The maximum absolute atomic E-state index is 13.6. The van der Waals surface area contributed by atoms with Crippen molar-refractivity contribution in [1.82, 2.24) is 5.32 Å². The van der Waals surface area contributed by atoms with Gasteiger partial charge in [-0.05, 0) is 24.6 Å². The number of carbonyl (C=O) groups excluding carboxylic acids is 1. The predicted octanol–water partition coefficient (Wildman–Crippen LogP) is 2.75. The number of halogens is 2. The maximum atomic E-state index is 13.6. The van der Waals surface area contributed by atoms with Crippen LogP contribution in [0.4, 0.5) is 8.78 Å². The molecule has 2 N–H and O–H groups in total. The van der Waals surface area contributed by atoms with Gasteiger partial charge in [-0.1, -0.05) is 35.9 Å². The van der Waals surface area contributed by atoms with Crippen molar-refractivity contribution in [2.24, 2.45) is 0 Å². The van der Waals surface area contributed by atoms with Gasteiger partial charge < -0.3 is 15.2 Å². The number of aliphatic hydroxyl groups is 1. The molecule has 0 radical (unpaired) electrons. The number of amides is 1. The molecule has 0 fully saturated rings. The summed E-state index contributed by atoms with van der Waals surface area (Å²) in [5, 5.41) is 11.4. The van der Waals surface area contributed by atoms with Crippen molar-refractivity contribution in [3.63, 3.8) is 0 Å². The zero-order valence-electron chi connectivity index (χ0n) is 13.3. The Kier molecular flexibility index (Phi) is 6.40. The quantitative estimate of drug-likeness (QED) is 0.818. The molecule has 0 aliphatic rings. The second-order valence-electron chi connectivity index (χ2n) is 5.30. The van der Waals surface area contributed by atoms with Crippen LogP contribution in [0, 0.1) is 18.6 Å². The van der Waals surface area contributed by atoms with Crippen LogP contribution in [0.1, 0.15) is 27.6 Å². The lowest BCUT2D eigenvalue weighted by atomic mass is 10.1. The summed E-state index contributed by atoms with van der Waals surface area (Å²) in [6, 6.07) is 10.7. The Morgan fingerprint density at radius 2 is 1.79 bits per heavy atom. The molecule has 4 nitrogen and oxygen atoms in total. The highest BCUT2D eigenvalue weighted by molar-refractivity contribution is 5.94. The molecule has 0 aromatic heterocycles. The lowest BCUT2D eigenvalue weighted by Gasteiger charge is -2.19. The molecule has 0 aliphatic carbocycles. The van der Waals surface area contributed by atoms with E-state index in [0.717, 1.165) is 23.3 Å². The zero-order valence-corrected chi connectivity index (χ0v) is 13.3. The molecule has 0 saturated heterocycles. The second-order valence-corrected chi connectivity index (χ2v) is 5.30. The summed E-state index contributed by atoms with van der Waals surface area (Å²) in [4.78, 5) is 12.1. The van der Waals surface area contributed by atoms with Gasteiger partial charge in [0, 0.05) is 6.54 Å². The first kappa shape index (κ1) is 18.0. The molecule has 6 heteroatoms. The number of aryl methyl sites for hydroxylation is 1. The van der Waals surface area contributed by atoms with Gasteiger partial charge in [0.2, 0.25) is 0 Å². The van der Waals surface area contributed by atoms with Crippen LogP contribution < -0.4 is 5.32 Å². The molecule has 0 unspecified atom stereocenters. The van der Waals surface area contributed by atoms with Crippen LogP contribution >= 0.6 is 0 Å². The molecule has 2 aromatic rings. The van der Waals surface area contributed by atoms with E-state index in [9.17, 15) is 13.6 Å². The molecule has 0 bridgehead atoms. The standard InChI is InChI=1S/C18H19F2NO3/c1-12-5-7-13(8-6-12)16(24-10-9-22)11-21-18(23)17-14(19)3-2-4-15(17)20/h2-8,16,22H,9-11H2,1H3,(H,21,23)/t16-/m0/s1. The zero-order chi connectivity index (χ0) is 17.5. The van der Waals surface area contributed by atoms with Gasteiger partial charge in [-0.2, -0.15) is 0 Å². The molecule has 24 heavy (non-hydrogen) atoms. The summed E-state index contributed by atoms with van der Waals surface area (Å²) in [5.74, 6) is -2.69. The lowest BCUT2D eigenvalue weighted by molar-refractivity contribution is 0.0276. The fourth-order valence-corrected chi connectivity index (χ4v) is 2.24. The summed E-state index contributed by atoms with van der Waals surface area (Å²) < 4.78 is 32.8. The van der Waals surface area contributed by atoms with Gasteiger partial charge in [0.15, 0.2) is 0 Å². The highest BCUT2D eigenvalue weighted by atomic mass is 19.1. The first-order valence-electron chi connectivity index (χ1n) is 7.54. The molecule has 2 aromatic carbocycles. The second kappa shape index (κ2) is 8.52. The van der Waals surface area contributed by atoms with E-state index in [1.54, 1.807) is 0 Å². The average Bonchev–Trinajstić information content (AvgIpc) is 2.56. The number of rotatable bonds is 7. The third-order valence-corrected chi connectivity index (χ3v) is 3.50. The number of hydrogen-bond acceptors (Lipinski definition) is 3. The number of carbonyl (C=O) groups is 1. The Bertz CT molecular complexity index is 669. The van der Waals surface area contributed by atoms with E-state index in [-0.39, 0.29) is 19.8 Å². The van der Waals surface area contributed by atoms with Gasteiger partial charge in [0.1, 0.15) is 17.2 Å². The van der Waals surface area contributed by atoms with Crippen LogP contribution in [0.5, 0.6) is 0 Å². The van der Waals surface area contributed by atoms with E-state index >= 15 is 0 Å². The van der Waals surface area contributed by atoms with E-state index in [1.807, 2.05) is 31.2 Å². The highest BCUT2D eigenvalue weighted by Crippen LogP contribution is 2.18. The van der Waals surface area contributed by atoms with E-state index < -0.39 is 29.2 Å². The van der Waals surface area contributed by atoms with Gasteiger partial charge in [0.25, 0.3) is 5.91 Å². The minimum Gasteiger partial charge on any atom is -0.394 e. The SMILES string of the molecule is Cc1ccc([C@H](CNC(=O)c2c(F)cccc2F)OCCO)cc1. The van der Waals surface area contributed by atoms with Gasteiger partial charge >= 0.3 is 0 Å². The number of hydrogen-bond donors (Lipinski definition) is 2. The Morgan fingerprint density at radius 1 is 1.17 bits per heavy atom. The molecule has 128 valence electrons. The average molecular weight is 335 g/mol. The number of nitrogens with one attached hydrogen (secondary N) is 1. The normalized spacial score (nSPS) is 12.0. The molecule has 0 heterocycles. The Hall–Kier alpha value is -2.31. The van der Waals surface area contributed by atoms with Crippen molar-refractivity contribution in [1.29, 1.82) is 0 Å². The molecule has 2 rings (SSSR count). The van der Waals surface area contributed by atoms with Crippen LogP contribution in [0.3, 0.4) is 0 Å². The first-order chi connectivity index (χ1) is 11.5.